The molecule has 0 fully saturated rings. The lowest BCUT2D eigenvalue weighted by molar-refractivity contribution is -0.632. The molecule has 0 spiro atoms. The fourth-order valence-corrected chi connectivity index (χ4v) is 3.41. The van der Waals surface area contributed by atoms with E-state index in [0.29, 0.717) is 0 Å². The zero-order chi connectivity index (χ0) is 16.8. The van der Waals surface area contributed by atoms with Gasteiger partial charge in [0, 0.05) is 28.4 Å². The van der Waals surface area contributed by atoms with E-state index in [4.69, 9.17) is 11.5 Å². The first kappa shape index (κ1) is 17.2. The number of nitrogens with zero attached hydrogens (tertiary/aromatic N) is 1. The molecule has 0 aliphatic rings. The van der Waals surface area contributed by atoms with Crippen molar-refractivity contribution in [1.29, 1.82) is 0 Å². The van der Waals surface area contributed by atoms with Gasteiger partial charge >= 0.3 is 0 Å². The van der Waals surface area contributed by atoms with Crippen LogP contribution in [0.5, 0.6) is 0 Å². The SMILES string of the molecule is Cc1ccc(-c2c3cc(N)ccc3c3ccc(N)cc3[n+]2C)cc1.[Br-]. The molecule has 0 radical (unpaired) electrons. The molecular weight excluding hydrogens is 374 g/mol. The maximum absolute atomic E-state index is 6.08. The predicted molar refractivity (Wildman–Crippen MR) is 102 cm³/mol. The Morgan fingerprint density at radius 3 is 2.00 bits per heavy atom. The number of hydrogen-bond acceptors (Lipinski definition) is 2. The highest BCUT2D eigenvalue weighted by Crippen LogP contribution is 2.33. The number of aromatic nitrogens is 1. The second-order valence-electron chi connectivity index (χ2n) is 6.36. The molecule has 0 atom stereocenters. The quantitative estimate of drug-likeness (QED) is 0.287. The van der Waals surface area contributed by atoms with E-state index in [0.717, 1.165) is 28.0 Å². The first-order valence-corrected chi connectivity index (χ1v) is 8.02. The summed E-state index contributed by atoms with van der Waals surface area (Å²) in [6, 6.07) is 20.8. The van der Waals surface area contributed by atoms with Crippen LogP contribution < -0.4 is 33.0 Å². The fourth-order valence-electron chi connectivity index (χ4n) is 3.41. The van der Waals surface area contributed by atoms with Crippen molar-refractivity contribution in [2.24, 2.45) is 7.05 Å². The summed E-state index contributed by atoms with van der Waals surface area (Å²) in [5.41, 5.74) is 18.3. The number of halogens is 1. The van der Waals surface area contributed by atoms with Crippen LogP contribution in [0, 0.1) is 6.92 Å². The molecule has 4 N–H and O–H groups in total. The van der Waals surface area contributed by atoms with Crippen LogP contribution in [-0.4, -0.2) is 0 Å². The predicted octanol–water partition coefficient (Wildman–Crippen LogP) is 0.961. The van der Waals surface area contributed by atoms with Gasteiger partial charge in [-0.3, -0.25) is 0 Å². The third-order valence-electron chi connectivity index (χ3n) is 4.63. The maximum Gasteiger partial charge on any atom is 0.220 e. The molecule has 0 bridgehead atoms. The molecule has 0 saturated carbocycles. The zero-order valence-electron chi connectivity index (χ0n) is 14.3. The second-order valence-corrected chi connectivity index (χ2v) is 6.36. The largest absolute Gasteiger partial charge is 1.00 e. The normalized spacial score (nSPS) is 10.8. The summed E-state index contributed by atoms with van der Waals surface area (Å²) in [5, 5.41) is 3.52. The highest BCUT2D eigenvalue weighted by atomic mass is 79.9. The van der Waals surface area contributed by atoms with E-state index < -0.39 is 0 Å². The molecule has 0 amide bonds. The van der Waals surface area contributed by atoms with Crippen molar-refractivity contribution in [3.05, 3.63) is 66.2 Å². The second kappa shape index (κ2) is 6.37. The Labute approximate surface area is 157 Å². The standard InChI is InChI=1S/C21H19N3.BrH/c1-13-3-5-14(6-4-13)21-19-11-15(22)7-9-17(19)18-10-8-16(23)12-20(18)24(21)2;/h3-12,23H,22H2,1-2H3;1H. The van der Waals surface area contributed by atoms with Crippen LogP contribution in [0.3, 0.4) is 0 Å². The lowest BCUT2D eigenvalue weighted by atomic mass is 9.98. The fraction of sp³-hybridized carbons (Fsp3) is 0.0952. The van der Waals surface area contributed by atoms with Crippen LogP contribution in [0.4, 0.5) is 11.4 Å². The first-order valence-electron chi connectivity index (χ1n) is 8.02. The van der Waals surface area contributed by atoms with Gasteiger partial charge in [0.2, 0.25) is 11.2 Å². The summed E-state index contributed by atoms with van der Waals surface area (Å²) in [6.45, 7) is 2.10. The van der Waals surface area contributed by atoms with Crippen LogP contribution in [0.1, 0.15) is 5.56 Å². The highest BCUT2D eigenvalue weighted by Gasteiger charge is 2.20. The van der Waals surface area contributed by atoms with Crippen LogP contribution >= 0.6 is 0 Å². The highest BCUT2D eigenvalue weighted by molar-refractivity contribution is 6.10. The molecule has 3 nitrogen and oxygen atoms in total. The number of nitrogen functional groups attached to an aromatic ring is 2. The number of pyridine rings is 1. The van der Waals surface area contributed by atoms with Crippen molar-refractivity contribution in [3.8, 4) is 11.3 Å². The molecule has 0 aliphatic heterocycles. The van der Waals surface area contributed by atoms with E-state index in [1.54, 1.807) is 0 Å². The molecule has 0 aliphatic carbocycles. The number of benzene rings is 3. The van der Waals surface area contributed by atoms with Gasteiger partial charge in [-0.25, -0.2) is 0 Å². The molecule has 1 aromatic heterocycles. The number of aryl methyl sites for hydroxylation is 2. The van der Waals surface area contributed by atoms with Gasteiger partial charge in [-0.15, -0.1) is 0 Å². The van der Waals surface area contributed by atoms with Gasteiger partial charge < -0.3 is 28.4 Å². The van der Waals surface area contributed by atoms with Crippen LogP contribution in [0.25, 0.3) is 32.9 Å². The smallest absolute Gasteiger partial charge is 0.220 e. The number of fused-ring (bicyclic) bond motifs is 3. The summed E-state index contributed by atoms with van der Waals surface area (Å²) in [7, 11) is 2.08. The number of anilines is 2. The van der Waals surface area contributed by atoms with Gasteiger partial charge in [-0.2, -0.15) is 4.57 Å². The third-order valence-corrected chi connectivity index (χ3v) is 4.63. The topological polar surface area (TPSA) is 55.9 Å². The Hall–Kier alpha value is -2.59. The van der Waals surface area contributed by atoms with Crippen LogP contribution in [-0.2, 0) is 7.05 Å². The Bertz CT molecular complexity index is 1090. The Morgan fingerprint density at radius 1 is 0.720 bits per heavy atom. The van der Waals surface area contributed by atoms with Gasteiger partial charge in [0.1, 0.15) is 7.05 Å². The van der Waals surface area contributed by atoms with Gasteiger partial charge in [-0.05, 0) is 43.3 Å². The van der Waals surface area contributed by atoms with E-state index in [1.807, 2.05) is 18.2 Å². The van der Waals surface area contributed by atoms with Crippen molar-refractivity contribution in [2.75, 3.05) is 11.5 Å². The Kier molecular flexibility index (Phi) is 4.39. The van der Waals surface area contributed by atoms with E-state index in [1.165, 1.54) is 21.9 Å². The van der Waals surface area contributed by atoms with E-state index in [9.17, 15) is 0 Å². The summed E-state index contributed by atoms with van der Waals surface area (Å²) < 4.78 is 2.21. The first-order chi connectivity index (χ1) is 11.5. The molecule has 25 heavy (non-hydrogen) atoms. The molecule has 0 unspecified atom stereocenters. The molecular formula is C21H20BrN3. The molecule has 4 heteroatoms. The molecule has 4 rings (SSSR count). The van der Waals surface area contributed by atoms with Crippen molar-refractivity contribution >= 4 is 33.1 Å². The third kappa shape index (κ3) is 2.83. The molecule has 3 aromatic carbocycles. The van der Waals surface area contributed by atoms with Crippen molar-refractivity contribution < 1.29 is 21.5 Å². The van der Waals surface area contributed by atoms with Gasteiger partial charge in [0.15, 0.2) is 0 Å². The minimum atomic E-state index is 0. The minimum Gasteiger partial charge on any atom is -1.00 e. The maximum atomic E-state index is 6.08. The summed E-state index contributed by atoms with van der Waals surface area (Å²) in [5.74, 6) is 0. The van der Waals surface area contributed by atoms with E-state index in [-0.39, 0.29) is 17.0 Å². The number of rotatable bonds is 1. The Morgan fingerprint density at radius 2 is 1.32 bits per heavy atom. The van der Waals surface area contributed by atoms with Gasteiger partial charge in [0.05, 0.1) is 10.8 Å². The average molecular weight is 394 g/mol. The Balaban J connectivity index is 0.00000182. The molecule has 4 aromatic rings. The number of hydrogen-bond donors (Lipinski definition) is 2. The monoisotopic (exact) mass is 393 g/mol. The van der Waals surface area contributed by atoms with Crippen molar-refractivity contribution in [2.45, 2.75) is 6.92 Å². The van der Waals surface area contributed by atoms with Crippen LogP contribution in [0.2, 0.25) is 0 Å². The minimum absolute atomic E-state index is 0. The van der Waals surface area contributed by atoms with Crippen molar-refractivity contribution in [1.82, 2.24) is 0 Å². The summed E-state index contributed by atoms with van der Waals surface area (Å²) in [4.78, 5) is 0. The summed E-state index contributed by atoms with van der Waals surface area (Å²) in [6.07, 6.45) is 0. The molecule has 1 heterocycles. The molecule has 126 valence electrons. The van der Waals surface area contributed by atoms with Gasteiger partial charge in [-0.1, -0.05) is 23.8 Å². The van der Waals surface area contributed by atoms with E-state index >= 15 is 0 Å². The lowest BCUT2D eigenvalue weighted by Gasteiger charge is -2.11. The van der Waals surface area contributed by atoms with Crippen LogP contribution in [0.15, 0.2) is 60.7 Å². The van der Waals surface area contributed by atoms with Crippen molar-refractivity contribution in [3.63, 3.8) is 0 Å². The zero-order valence-corrected chi connectivity index (χ0v) is 15.8. The molecule has 0 saturated heterocycles. The average Bonchev–Trinajstić information content (AvgIpc) is 2.57. The van der Waals surface area contributed by atoms with Gasteiger partial charge in [0.25, 0.3) is 0 Å². The van der Waals surface area contributed by atoms with E-state index in [2.05, 4.69) is 61.0 Å². The lowest BCUT2D eigenvalue weighted by Crippen LogP contribution is -3.00. The number of nitrogens with two attached hydrogens (primary N) is 2. The summed E-state index contributed by atoms with van der Waals surface area (Å²) >= 11 is 0.